The summed E-state index contributed by atoms with van der Waals surface area (Å²) in [5.74, 6) is -0.261. The molecule has 1 aliphatic heterocycles. The van der Waals surface area contributed by atoms with E-state index in [2.05, 4.69) is 0 Å². The van der Waals surface area contributed by atoms with Gasteiger partial charge in [0.2, 0.25) is 0 Å². The van der Waals surface area contributed by atoms with Gasteiger partial charge in [-0.15, -0.1) is 0 Å². The second-order valence-corrected chi connectivity index (χ2v) is 3.82. The lowest BCUT2D eigenvalue weighted by Gasteiger charge is -2.39. The first-order valence-corrected chi connectivity index (χ1v) is 4.98. The van der Waals surface area contributed by atoms with Crippen molar-refractivity contribution in [2.45, 2.75) is 12.0 Å². The molecule has 0 aromatic carbocycles. The average Bonchev–Trinajstić information content (AvgIpc) is 2.26. The SMILES string of the molecule is O=C1C=CC2=CC=CC3=CC=CCC32O1. The summed E-state index contributed by atoms with van der Waals surface area (Å²) in [6.45, 7) is 0. The molecule has 1 unspecified atom stereocenters. The van der Waals surface area contributed by atoms with Crippen molar-refractivity contribution >= 4 is 5.97 Å². The van der Waals surface area contributed by atoms with E-state index in [0.717, 1.165) is 17.6 Å². The first-order valence-electron chi connectivity index (χ1n) is 4.98. The van der Waals surface area contributed by atoms with Crippen molar-refractivity contribution in [3.05, 3.63) is 59.8 Å². The van der Waals surface area contributed by atoms with Crippen molar-refractivity contribution in [2.75, 3.05) is 0 Å². The predicted octanol–water partition coefficient (Wildman–Crippen LogP) is 2.22. The molecule has 0 saturated carbocycles. The number of esters is 1. The Hall–Kier alpha value is -1.83. The van der Waals surface area contributed by atoms with E-state index in [0.29, 0.717) is 0 Å². The maximum atomic E-state index is 11.4. The Bertz CT molecular complexity index is 475. The van der Waals surface area contributed by atoms with Crippen LogP contribution < -0.4 is 0 Å². The summed E-state index contributed by atoms with van der Waals surface area (Å²) >= 11 is 0. The molecule has 2 nitrogen and oxygen atoms in total. The maximum absolute atomic E-state index is 11.4. The van der Waals surface area contributed by atoms with Gasteiger partial charge < -0.3 is 4.74 Å². The van der Waals surface area contributed by atoms with E-state index >= 15 is 0 Å². The highest BCUT2D eigenvalue weighted by molar-refractivity contribution is 5.86. The molecular weight excluding hydrogens is 188 g/mol. The van der Waals surface area contributed by atoms with Gasteiger partial charge in [-0.1, -0.05) is 36.5 Å². The van der Waals surface area contributed by atoms with Gasteiger partial charge in [0.05, 0.1) is 0 Å². The zero-order valence-electron chi connectivity index (χ0n) is 8.14. The molecule has 0 fully saturated rings. The molecule has 1 spiro atoms. The van der Waals surface area contributed by atoms with Crippen LogP contribution in [-0.2, 0) is 9.53 Å². The normalized spacial score (nSPS) is 31.3. The van der Waals surface area contributed by atoms with Crippen LogP contribution in [0.3, 0.4) is 0 Å². The zero-order valence-corrected chi connectivity index (χ0v) is 8.14. The van der Waals surface area contributed by atoms with E-state index in [-0.39, 0.29) is 5.97 Å². The number of carbonyl (C=O) groups excluding carboxylic acids is 1. The van der Waals surface area contributed by atoms with Crippen molar-refractivity contribution < 1.29 is 9.53 Å². The molecule has 0 radical (unpaired) electrons. The number of hydrogen-bond donors (Lipinski definition) is 0. The van der Waals surface area contributed by atoms with E-state index < -0.39 is 5.60 Å². The molecule has 0 bridgehead atoms. The van der Waals surface area contributed by atoms with Crippen molar-refractivity contribution in [3.63, 3.8) is 0 Å². The van der Waals surface area contributed by atoms with Crippen LogP contribution in [0.4, 0.5) is 0 Å². The van der Waals surface area contributed by atoms with Gasteiger partial charge >= 0.3 is 5.97 Å². The van der Waals surface area contributed by atoms with Crippen molar-refractivity contribution in [2.24, 2.45) is 0 Å². The summed E-state index contributed by atoms with van der Waals surface area (Å²) in [5, 5.41) is 0. The van der Waals surface area contributed by atoms with Crippen LogP contribution in [-0.4, -0.2) is 11.6 Å². The van der Waals surface area contributed by atoms with Gasteiger partial charge in [0.1, 0.15) is 0 Å². The summed E-state index contributed by atoms with van der Waals surface area (Å²) in [4.78, 5) is 11.4. The topological polar surface area (TPSA) is 26.3 Å². The van der Waals surface area contributed by atoms with E-state index in [4.69, 9.17) is 4.74 Å². The molecule has 1 atom stereocenters. The Morgan fingerprint density at radius 3 is 2.80 bits per heavy atom. The largest absolute Gasteiger partial charge is 0.446 e. The number of rotatable bonds is 0. The number of ether oxygens (including phenoxy) is 1. The number of hydrogen-bond acceptors (Lipinski definition) is 2. The number of allylic oxidation sites excluding steroid dienone is 4. The molecule has 3 aliphatic rings. The highest BCUT2D eigenvalue weighted by Crippen LogP contribution is 2.42. The first-order chi connectivity index (χ1) is 7.31. The van der Waals surface area contributed by atoms with Crippen LogP contribution in [0, 0.1) is 0 Å². The summed E-state index contributed by atoms with van der Waals surface area (Å²) in [7, 11) is 0. The van der Waals surface area contributed by atoms with E-state index in [1.54, 1.807) is 0 Å². The lowest BCUT2D eigenvalue weighted by molar-refractivity contribution is -0.147. The highest BCUT2D eigenvalue weighted by Gasteiger charge is 2.42. The Labute approximate surface area is 87.9 Å². The van der Waals surface area contributed by atoms with Crippen LogP contribution in [0.25, 0.3) is 0 Å². The average molecular weight is 198 g/mol. The van der Waals surface area contributed by atoms with Crippen molar-refractivity contribution in [3.8, 4) is 0 Å². The quantitative estimate of drug-likeness (QED) is 0.558. The number of carbonyl (C=O) groups is 1. The minimum Gasteiger partial charge on any atom is -0.446 e. The lowest BCUT2D eigenvalue weighted by Crippen LogP contribution is -2.41. The highest BCUT2D eigenvalue weighted by atomic mass is 16.6. The Morgan fingerprint density at radius 1 is 1.07 bits per heavy atom. The maximum Gasteiger partial charge on any atom is 0.332 e. The van der Waals surface area contributed by atoms with Gasteiger partial charge in [-0.05, 0) is 6.08 Å². The third-order valence-corrected chi connectivity index (χ3v) is 2.98. The third kappa shape index (κ3) is 1.08. The predicted molar refractivity (Wildman–Crippen MR) is 57.0 cm³/mol. The standard InChI is InChI=1S/C13H10O2/c14-12-8-7-11-6-3-5-10-4-1-2-9-13(10,11)15-12/h1-8H,9H2. The fraction of sp³-hybridized carbons (Fsp3) is 0.154. The molecule has 3 rings (SSSR count). The molecule has 0 aromatic rings. The Morgan fingerprint density at radius 2 is 1.87 bits per heavy atom. The van der Waals surface area contributed by atoms with Gasteiger partial charge in [0, 0.05) is 23.6 Å². The fourth-order valence-electron chi connectivity index (χ4n) is 2.24. The van der Waals surface area contributed by atoms with E-state index in [9.17, 15) is 4.79 Å². The first kappa shape index (κ1) is 8.48. The molecule has 0 saturated heterocycles. The van der Waals surface area contributed by atoms with Gasteiger partial charge in [-0.2, -0.15) is 0 Å². The zero-order chi connectivity index (χ0) is 10.3. The molecule has 15 heavy (non-hydrogen) atoms. The minimum atomic E-state index is -0.546. The molecule has 0 aromatic heterocycles. The second-order valence-electron chi connectivity index (χ2n) is 3.82. The minimum absolute atomic E-state index is 0.261. The molecule has 74 valence electrons. The second kappa shape index (κ2) is 2.83. The van der Waals surface area contributed by atoms with Crippen LogP contribution >= 0.6 is 0 Å². The van der Waals surface area contributed by atoms with Crippen LogP contribution in [0.5, 0.6) is 0 Å². The van der Waals surface area contributed by atoms with E-state index in [1.165, 1.54) is 6.08 Å². The van der Waals surface area contributed by atoms with Gasteiger partial charge in [-0.3, -0.25) is 0 Å². The van der Waals surface area contributed by atoms with Crippen molar-refractivity contribution in [1.82, 2.24) is 0 Å². The van der Waals surface area contributed by atoms with Crippen LogP contribution in [0.15, 0.2) is 59.8 Å². The Balaban J connectivity index is 2.19. The Kier molecular flexibility index (Phi) is 1.60. The molecule has 0 amide bonds. The summed E-state index contributed by atoms with van der Waals surface area (Å²) in [5.41, 5.74) is 1.57. The molecule has 0 N–H and O–H groups in total. The van der Waals surface area contributed by atoms with Gasteiger partial charge in [0.25, 0.3) is 0 Å². The lowest BCUT2D eigenvalue weighted by atomic mass is 9.76. The monoisotopic (exact) mass is 198 g/mol. The molecular formula is C13H10O2. The van der Waals surface area contributed by atoms with Gasteiger partial charge in [0.15, 0.2) is 5.60 Å². The van der Waals surface area contributed by atoms with Crippen LogP contribution in [0.1, 0.15) is 6.42 Å². The summed E-state index contributed by atoms with van der Waals surface area (Å²) in [6.07, 6.45) is 16.1. The smallest absolute Gasteiger partial charge is 0.332 e. The van der Waals surface area contributed by atoms with Crippen molar-refractivity contribution in [1.29, 1.82) is 0 Å². The molecule has 2 aliphatic carbocycles. The summed E-state index contributed by atoms with van der Waals surface area (Å²) in [6, 6.07) is 0. The molecule has 1 heterocycles. The summed E-state index contributed by atoms with van der Waals surface area (Å²) < 4.78 is 5.52. The van der Waals surface area contributed by atoms with E-state index in [1.807, 2.05) is 42.5 Å². The third-order valence-electron chi connectivity index (χ3n) is 2.98. The fourth-order valence-corrected chi connectivity index (χ4v) is 2.24. The van der Waals surface area contributed by atoms with Crippen LogP contribution in [0.2, 0.25) is 0 Å². The molecule has 2 heteroatoms. The van der Waals surface area contributed by atoms with Gasteiger partial charge in [-0.25, -0.2) is 4.79 Å².